The van der Waals surface area contributed by atoms with Gasteiger partial charge in [-0.1, -0.05) is 0 Å². The molecular weight excluding hydrogens is 287 g/mol. The fourth-order valence-electron chi connectivity index (χ4n) is 1.64. The number of methoxy groups -OCH3 is 1. The molecule has 0 aliphatic rings. The minimum absolute atomic E-state index is 0.0524. The van der Waals surface area contributed by atoms with E-state index in [-0.39, 0.29) is 18.3 Å². The molecule has 0 bridgehead atoms. The number of nitrogens with zero attached hydrogens (tertiary/aromatic N) is 1. The molecule has 1 rings (SSSR count). The van der Waals surface area contributed by atoms with E-state index in [0.29, 0.717) is 0 Å². The highest BCUT2D eigenvalue weighted by Gasteiger charge is 2.33. The van der Waals surface area contributed by atoms with Gasteiger partial charge in [-0.3, -0.25) is 0 Å². The third-order valence-corrected chi connectivity index (χ3v) is 2.50. The highest BCUT2D eigenvalue weighted by atomic mass is 19.4. The summed E-state index contributed by atoms with van der Waals surface area (Å²) in [5.41, 5.74) is -1.64. The molecule has 1 aromatic rings. The fourth-order valence-corrected chi connectivity index (χ4v) is 1.64. The molecule has 0 unspecified atom stereocenters. The number of halogens is 3. The maximum absolute atomic E-state index is 12.8. The van der Waals surface area contributed by atoms with Gasteiger partial charge in [0.05, 0.1) is 29.8 Å². The second-order valence-corrected chi connectivity index (χ2v) is 4.32. The third kappa shape index (κ3) is 4.96. The van der Waals surface area contributed by atoms with Gasteiger partial charge in [0.1, 0.15) is 0 Å². The Labute approximate surface area is 119 Å². The summed E-state index contributed by atoms with van der Waals surface area (Å²) in [6, 6.07) is 3.48. The van der Waals surface area contributed by atoms with Crippen LogP contribution in [-0.2, 0) is 10.9 Å². The van der Waals surface area contributed by atoms with E-state index < -0.39 is 23.3 Å². The van der Waals surface area contributed by atoms with Crippen LogP contribution in [-0.4, -0.2) is 25.8 Å². The minimum atomic E-state index is -4.66. The summed E-state index contributed by atoms with van der Waals surface area (Å²) in [4.78, 5) is 11.6. The fraction of sp³-hybridized carbons (Fsp3) is 0.385. The predicted molar refractivity (Wildman–Crippen MR) is 69.7 cm³/mol. The van der Waals surface area contributed by atoms with Gasteiger partial charge in [0.25, 0.3) is 0 Å². The number of urea groups is 1. The van der Waals surface area contributed by atoms with Gasteiger partial charge in [0.15, 0.2) is 0 Å². The first-order chi connectivity index (χ1) is 9.77. The number of nitriles is 1. The van der Waals surface area contributed by atoms with Gasteiger partial charge >= 0.3 is 12.2 Å². The van der Waals surface area contributed by atoms with E-state index in [2.05, 4.69) is 10.6 Å². The quantitative estimate of drug-likeness (QED) is 0.898. The zero-order valence-corrected chi connectivity index (χ0v) is 11.4. The highest BCUT2D eigenvalue weighted by Crippen LogP contribution is 2.33. The molecule has 0 aliphatic heterocycles. The van der Waals surface area contributed by atoms with Gasteiger partial charge in [-0.2, -0.15) is 18.4 Å². The molecule has 0 spiro atoms. The molecule has 0 fully saturated rings. The van der Waals surface area contributed by atoms with Gasteiger partial charge in [-0.25, -0.2) is 4.79 Å². The van der Waals surface area contributed by atoms with E-state index in [1.165, 1.54) is 19.2 Å². The smallest absolute Gasteiger partial charge is 0.383 e. The number of alkyl halides is 3. The van der Waals surface area contributed by atoms with Crippen molar-refractivity contribution in [2.45, 2.75) is 19.1 Å². The van der Waals surface area contributed by atoms with Crippen LogP contribution in [0, 0.1) is 11.3 Å². The van der Waals surface area contributed by atoms with Gasteiger partial charge in [0, 0.05) is 12.8 Å². The lowest BCUT2D eigenvalue weighted by Gasteiger charge is -2.15. The molecule has 1 aromatic carbocycles. The van der Waals surface area contributed by atoms with Crippen molar-refractivity contribution in [2.75, 3.05) is 19.0 Å². The number of amides is 2. The Hall–Kier alpha value is -2.27. The SMILES string of the molecule is COC[C@@H](C)NC(=O)Nc1ccc(C#N)c(C(F)(F)F)c1. The molecule has 0 heterocycles. The number of hydrogen-bond donors (Lipinski definition) is 2. The largest absolute Gasteiger partial charge is 0.417 e. The van der Waals surface area contributed by atoms with Crippen LogP contribution in [0.2, 0.25) is 0 Å². The second kappa shape index (κ2) is 6.95. The van der Waals surface area contributed by atoms with E-state index in [9.17, 15) is 18.0 Å². The topological polar surface area (TPSA) is 74.2 Å². The van der Waals surface area contributed by atoms with Crippen LogP contribution < -0.4 is 10.6 Å². The Balaban J connectivity index is 2.86. The maximum Gasteiger partial charge on any atom is 0.417 e. The summed E-state index contributed by atoms with van der Waals surface area (Å²) in [5, 5.41) is 13.4. The van der Waals surface area contributed by atoms with Crippen molar-refractivity contribution >= 4 is 11.7 Å². The zero-order chi connectivity index (χ0) is 16.0. The number of nitrogens with one attached hydrogen (secondary N) is 2. The minimum Gasteiger partial charge on any atom is -0.383 e. The number of carbonyl (C=O) groups excluding carboxylic acids is 1. The van der Waals surface area contributed by atoms with E-state index in [1.807, 2.05) is 0 Å². The molecule has 2 N–H and O–H groups in total. The van der Waals surface area contributed by atoms with Crippen molar-refractivity contribution in [2.24, 2.45) is 0 Å². The lowest BCUT2D eigenvalue weighted by atomic mass is 10.1. The van der Waals surface area contributed by atoms with Crippen molar-refractivity contribution in [1.29, 1.82) is 5.26 Å². The van der Waals surface area contributed by atoms with Crippen molar-refractivity contribution in [3.63, 3.8) is 0 Å². The molecule has 0 saturated heterocycles. The molecule has 1 atom stereocenters. The lowest BCUT2D eigenvalue weighted by Crippen LogP contribution is -2.38. The summed E-state index contributed by atoms with van der Waals surface area (Å²) in [7, 11) is 1.46. The summed E-state index contributed by atoms with van der Waals surface area (Å²) < 4.78 is 43.1. The van der Waals surface area contributed by atoms with E-state index in [1.54, 1.807) is 6.92 Å². The molecule has 0 radical (unpaired) electrons. The number of hydrogen-bond acceptors (Lipinski definition) is 3. The van der Waals surface area contributed by atoms with E-state index in [4.69, 9.17) is 10.00 Å². The number of anilines is 1. The Morgan fingerprint density at radius 2 is 2.14 bits per heavy atom. The van der Waals surface area contributed by atoms with Gasteiger partial charge in [0.2, 0.25) is 0 Å². The van der Waals surface area contributed by atoms with Crippen molar-refractivity contribution in [3.05, 3.63) is 29.3 Å². The Morgan fingerprint density at radius 3 is 2.67 bits per heavy atom. The number of ether oxygens (including phenoxy) is 1. The molecule has 0 aromatic heterocycles. The monoisotopic (exact) mass is 301 g/mol. The summed E-state index contributed by atoms with van der Waals surface area (Å²) in [6.07, 6.45) is -4.66. The first kappa shape index (κ1) is 16.8. The zero-order valence-electron chi connectivity index (χ0n) is 11.4. The van der Waals surface area contributed by atoms with Crippen LogP contribution in [0.25, 0.3) is 0 Å². The highest BCUT2D eigenvalue weighted by molar-refractivity contribution is 5.89. The lowest BCUT2D eigenvalue weighted by molar-refractivity contribution is -0.137. The Morgan fingerprint density at radius 1 is 1.48 bits per heavy atom. The molecule has 8 heteroatoms. The predicted octanol–water partition coefficient (Wildman–Crippen LogP) is 2.73. The van der Waals surface area contributed by atoms with Gasteiger partial charge in [-0.05, 0) is 25.1 Å². The average molecular weight is 301 g/mol. The van der Waals surface area contributed by atoms with E-state index >= 15 is 0 Å². The standard InChI is InChI=1S/C13H14F3N3O2/c1-8(7-21-2)18-12(20)19-10-4-3-9(6-17)11(5-10)13(14,15)16/h3-5,8H,7H2,1-2H3,(H2,18,19,20)/t8-/m1/s1. The van der Waals surface area contributed by atoms with Crippen LogP contribution in [0.1, 0.15) is 18.1 Å². The normalized spacial score (nSPS) is 12.4. The summed E-state index contributed by atoms with van der Waals surface area (Å²) >= 11 is 0. The number of benzene rings is 1. The summed E-state index contributed by atoms with van der Waals surface area (Å²) in [5.74, 6) is 0. The van der Waals surface area contributed by atoms with Crippen LogP contribution in [0.15, 0.2) is 18.2 Å². The molecule has 0 aliphatic carbocycles. The van der Waals surface area contributed by atoms with Crippen molar-refractivity contribution in [3.8, 4) is 6.07 Å². The first-order valence-corrected chi connectivity index (χ1v) is 5.95. The number of rotatable bonds is 4. The molecule has 5 nitrogen and oxygen atoms in total. The molecular formula is C13H14F3N3O2. The number of carbonyl (C=O) groups is 1. The summed E-state index contributed by atoms with van der Waals surface area (Å²) in [6.45, 7) is 1.96. The van der Waals surface area contributed by atoms with E-state index in [0.717, 1.165) is 12.1 Å². The second-order valence-electron chi connectivity index (χ2n) is 4.32. The van der Waals surface area contributed by atoms with Crippen molar-refractivity contribution < 1.29 is 22.7 Å². The average Bonchev–Trinajstić information content (AvgIpc) is 2.37. The first-order valence-electron chi connectivity index (χ1n) is 5.95. The van der Waals surface area contributed by atoms with Crippen LogP contribution >= 0.6 is 0 Å². The van der Waals surface area contributed by atoms with Crippen LogP contribution in [0.4, 0.5) is 23.7 Å². The van der Waals surface area contributed by atoms with Gasteiger partial charge in [-0.15, -0.1) is 0 Å². The van der Waals surface area contributed by atoms with Gasteiger partial charge < -0.3 is 15.4 Å². The molecule has 2 amide bonds. The molecule has 21 heavy (non-hydrogen) atoms. The molecule has 0 saturated carbocycles. The Kier molecular flexibility index (Phi) is 5.55. The molecule has 114 valence electrons. The van der Waals surface area contributed by atoms with Crippen LogP contribution in [0.5, 0.6) is 0 Å². The third-order valence-electron chi connectivity index (χ3n) is 2.50. The van der Waals surface area contributed by atoms with Crippen molar-refractivity contribution in [1.82, 2.24) is 5.32 Å². The maximum atomic E-state index is 12.8. The van der Waals surface area contributed by atoms with Crippen LogP contribution in [0.3, 0.4) is 0 Å². The Bertz CT molecular complexity index is 553.